The molecule has 0 aliphatic heterocycles. The van der Waals surface area contributed by atoms with Gasteiger partial charge in [0, 0.05) is 42.6 Å². The largest absolute Gasteiger partial charge is 0.453 e. The van der Waals surface area contributed by atoms with Crippen LogP contribution in [0.15, 0.2) is 79.0 Å². The molecule has 1 heterocycles. The Morgan fingerprint density at radius 1 is 0.846 bits per heavy atom. The molecule has 282 valence electrons. The number of hydrogen-bond acceptors (Lipinski definition) is 10. The topological polar surface area (TPSA) is 191 Å². The Kier molecular flexibility index (Phi) is 10.1. The lowest BCUT2D eigenvalue weighted by atomic mass is 9.84. The molecular formula is C38H52N6O8. The number of carbonyl (C=O) groups is 4. The Hall–Kier alpha value is -5.05. The normalized spacial score (nSPS) is 18.1. The number of hydrogen-bond donors (Lipinski definition) is 6. The minimum Gasteiger partial charge on any atom is -0.453 e. The quantitative estimate of drug-likeness (QED) is 0.119. The van der Waals surface area contributed by atoms with Crippen LogP contribution in [0.5, 0.6) is 0 Å². The summed E-state index contributed by atoms with van der Waals surface area (Å²) >= 11 is 0. The molecule has 0 bridgehead atoms. The summed E-state index contributed by atoms with van der Waals surface area (Å²) in [5, 5.41) is 29.3. The Balaban J connectivity index is 2.27. The van der Waals surface area contributed by atoms with Gasteiger partial charge in [-0.3, -0.25) is 20.0 Å². The molecule has 0 spiro atoms. The fraction of sp³-hybridized carbons (Fsp3) is 0.447. The number of nitrogens with zero attached hydrogens (tertiary/aromatic N) is 2. The molecule has 14 heteroatoms. The maximum absolute atomic E-state index is 14.5. The number of methoxy groups -OCH3 is 2. The highest BCUT2D eigenvalue weighted by Gasteiger charge is 2.39. The van der Waals surface area contributed by atoms with Gasteiger partial charge in [-0.25, -0.2) is 14.6 Å². The first-order valence-electron chi connectivity index (χ1n) is 21.5. The van der Waals surface area contributed by atoms with Crippen LogP contribution in [0.1, 0.15) is 60.6 Å². The molecule has 4 amide bonds. The zero-order valence-electron chi connectivity index (χ0n) is 40.2. The molecule has 3 rings (SSSR count). The third-order valence-electron chi connectivity index (χ3n) is 7.86. The van der Waals surface area contributed by atoms with Crippen molar-refractivity contribution in [2.75, 3.05) is 27.4 Å². The molecule has 14 nitrogen and oxygen atoms in total. The van der Waals surface area contributed by atoms with E-state index in [0.29, 0.717) is 21.8 Å². The number of ether oxygens (including phenoxy) is 2. The summed E-state index contributed by atoms with van der Waals surface area (Å²) in [5.41, 5.74) is -2.02. The lowest BCUT2D eigenvalue weighted by Gasteiger charge is -2.36. The first kappa shape index (κ1) is 27.6. The van der Waals surface area contributed by atoms with Crippen LogP contribution in [-0.4, -0.2) is 95.8 Å². The maximum atomic E-state index is 14.5. The minimum absolute atomic E-state index is 0.186. The van der Waals surface area contributed by atoms with Gasteiger partial charge in [-0.2, -0.15) is 0 Å². The van der Waals surface area contributed by atoms with Crippen molar-refractivity contribution in [3.63, 3.8) is 0 Å². The SMILES string of the molecule is [2H]C([2H])(c1ccc(-c2ccccn2)cc1)N(C[C@H](O)[C@H](Cc1ccccc1)NC(=O)[C@@H](NC(=O)OC)C(C)(C)CO)NC(=O)[C@@H](NC(=O)OC)C(C([2H])([2H])[2H])(C([2H])([2H])[2H])C([2H])([2H])[2H]. The van der Waals surface area contributed by atoms with Crippen molar-refractivity contribution in [2.24, 2.45) is 10.8 Å². The third-order valence-corrected chi connectivity index (χ3v) is 7.86. The van der Waals surface area contributed by atoms with E-state index in [0.717, 1.165) is 14.2 Å². The fourth-order valence-electron chi connectivity index (χ4n) is 4.88. The summed E-state index contributed by atoms with van der Waals surface area (Å²) in [5.74, 6) is -2.80. The van der Waals surface area contributed by atoms with Crippen molar-refractivity contribution in [1.82, 2.24) is 31.4 Å². The van der Waals surface area contributed by atoms with Gasteiger partial charge in [-0.05, 0) is 35.1 Å². The predicted octanol–water partition coefficient (Wildman–Crippen LogP) is 3.18. The van der Waals surface area contributed by atoms with Crippen LogP contribution in [0.2, 0.25) is 0 Å². The minimum atomic E-state index is -4.06. The first-order chi connectivity index (χ1) is 29.1. The van der Waals surface area contributed by atoms with Crippen LogP contribution in [-0.2, 0) is 32.0 Å². The van der Waals surface area contributed by atoms with Gasteiger partial charge in [0.05, 0.1) is 41.4 Å². The molecule has 2 aromatic carbocycles. The summed E-state index contributed by atoms with van der Waals surface area (Å²) in [4.78, 5) is 57.8. The van der Waals surface area contributed by atoms with Crippen LogP contribution in [0.3, 0.4) is 0 Å². The molecule has 0 aliphatic carbocycles. The summed E-state index contributed by atoms with van der Waals surface area (Å²) in [6.07, 6.45) is -3.25. The number of nitrogens with one attached hydrogen (secondary N) is 4. The summed E-state index contributed by atoms with van der Waals surface area (Å²) < 4.78 is 102. The number of rotatable bonds is 16. The van der Waals surface area contributed by atoms with E-state index in [1.807, 2.05) is 0 Å². The molecule has 0 fully saturated rings. The van der Waals surface area contributed by atoms with E-state index in [1.165, 1.54) is 44.3 Å². The summed E-state index contributed by atoms with van der Waals surface area (Å²) in [7, 11) is 1.82. The van der Waals surface area contributed by atoms with Gasteiger partial charge in [-0.1, -0.05) is 95.1 Å². The molecule has 52 heavy (non-hydrogen) atoms. The van der Waals surface area contributed by atoms with E-state index in [2.05, 4.69) is 30.5 Å². The first-order valence-corrected chi connectivity index (χ1v) is 16.0. The average Bonchev–Trinajstić information content (AvgIpc) is 3.20. The number of aliphatic hydroxyl groups is 2. The van der Waals surface area contributed by atoms with E-state index in [1.54, 1.807) is 53.8 Å². The van der Waals surface area contributed by atoms with Gasteiger partial charge in [0.15, 0.2) is 0 Å². The number of alkyl carbamates (subject to hydrolysis) is 2. The molecular weight excluding hydrogens is 668 g/mol. The van der Waals surface area contributed by atoms with Crippen molar-refractivity contribution in [3.05, 3.63) is 90.1 Å². The number of hydrazine groups is 1. The molecule has 3 aromatic rings. The highest BCUT2D eigenvalue weighted by atomic mass is 16.5. The Morgan fingerprint density at radius 3 is 2.02 bits per heavy atom. The van der Waals surface area contributed by atoms with Crippen LogP contribution in [0.4, 0.5) is 9.59 Å². The van der Waals surface area contributed by atoms with E-state index in [-0.39, 0.29) is 12.0 Å². The van der Waals surface area contributed by atoms with Crippen molar-refractivity contribution >= 4 is 24.0 Å². The number of aliphatic hydroxyl groups excluding tert-OH is 2. The molecule has 1 aromatic heterocycles. The molecule has 4 atom stereocenters. The van der Waals surface area contributed by atoms with Gasteiger partial charge in [0.1, 0.15) is 12.1 Å². The Bertz CT molecular complexity index is 1970. The van der Waals surface area contributed by atoms with Gasteiger partial charge in [0.25, 0.3) is 5.91 Å². The number of amides is 4. The average molecular weight is 732 g/mol. The number of pyridine rings is 1. The standard InChI is InChI=1S/C38H52N6O8/c1-37(2,3)31(41-35(49)51-6)34(48)43-44(22-26-16-18-27(19-17-26)28-15-11-12-20-39-28)23-30(46)29(21-25-13-9-8-10-14-25)40-33(47)32(38(4,5)24-45)42-36(50)52-7/h8-20,29-32,45-46H,21-24H2,1-7H3,(H,40,47)(H,41,49)(H,42,50)(H,43,48)/t29-,30-,31+,32+/m0/s1/i1D3,2D3,3D3,22D2. The van der Waals surface area contributed by atoms with E-state index >= 15 is 0 Å². The maximum Gasteiger partial charge on any atom is 0.407 e. The van der Waals surface area contributed by atoms with Gasteiger partial charge in [0.2, 0.25) is 5.91 Å². The van der Waals surface area contributed by atoms with E-state index in [9.17, 15) is 32.1 Å². The molecule has 0 saturated carbocycles. The second kappa shape index (κ2) is 19.0. The number of aromatic nitrogens is 1. The molecule has 6 N–H and O–H groups in total. The zero-order chi connectivity index (χ0) is 47.8. The van der Waals surface area contributed by atoms with Crippen molar-refractivity contribution in [1.29, 1.82) is 0 Å². The fourth-order valence-corrected chi connectivity index (χ4v) is 4.88. The van der Waals surface area contributed by atoms with Crippen molar-refractivity contribution < 1.29 is 53.9 Å². The number of carbonyl (C=O) groups excluding carboxylic acids is 4. The predicted molar refractivity (Wildman–Crippen MR) is 195 cm³/mol. The number of benzene rings is 2. The summed E-state index contributed by atoms with van der Waals surface area (Å²) in [6.45, 7) is -13.9. The molecule has 0 saturated heterocycles. The van der Waals surface area contributed by atoms with Gasteiger partial charge in [-0.15, -0.1) is 0 Å². The van der Waals surface area contributed by atoms with Crippen LogP contribution in [0.25, 0.3) is 11.3 Å². The van der Waals surface area contributed by atoms with Crippen LogP contribution in [0, 0.1) is 10.8 Å². The lowest BCUT2D eigenvalue weighted by molar-refractivity contribution is -0.132. The van der Waals surface area contributed by atoms with Gasteiger partial charge < -0.3 is 35.6 Å². The lowest BCUT2D eigenvalue weighted by Crippen LogP contribution is -2.61. The molecule has 0 aliphatic rings. The van der Waals surface area contributed by atoms with Crippen molar-refractivity contribution in [2.45, 2.75) is 71.6 Å². The Labute approximate surface area is 320 Å². The summed E-state index contributed by atoms with van der Waals surface area (Å²) in [6, 6.07) is 13.0. The van der Waals surface area contributed by atoms with Crippen LogP contribution < -0.4 is 21.4 Å². The molecule has 0 radical (unpaired) electrons. The highest BCUT2D eigenvalue weighted by molar-refractivity contribution is 5.87. The second-order valence-corrected chi connectivity index (χ2v) is 12.5. The third kappa shape index (κ3) is 12.3. The van der Waals surface area contributed by atoms with E-state index in [4.69, 9.17) is 12.3 Å². The van der Waals surface area contributed by atoms with Gasteiger partial charge >= 0.3 is 12.2 Å². The zero-order valence-corrected chi connectivity index (χ0v) is 29.2. The smallest absolute Gasteiger partial charge is 0.407 e. The van der Waals surface area contributed by atoms with Crippen molar-refractivity contribution in [3.8, 4) is 11.3 Å². The monoisotopic (exact) mass is 731 g/mol. The highest BCUT2D eigenvalue weighted by Crippen LogP contribution is 2.23. The Morgan fingerprint density at radius 2 is 1.46 bits per heavy atom. The second-order valence-electron chi connectivity index (χ2n) is 12.5. The van der Waals surface area contributed by atoms with Crippen LogP contribution >= 0.6 is 0 Å². The molecule has 0 unspecified atom stereocenters. The van der Waals surface area contributed by atoms with E-state index < -0.39 is 99.3 Å².